The minimum Gasteiger partial charge on any atom is -0.491 e. The Morgan fingerprint density at radius 1 is 1.37 bits per heavy atom. The summed E-state index contributed by atoms with van der Waals surface area (Å²) in [5.74, 6) is -1.44. The lowest BCUT2D eigenvalue weighted by Crippen LogP contribution is -2.16. The molecule has 1 fully saturated rings. The van der Waals surface area contributed by atoms with Crippen molar-refractivity contribution in [3.8, 4) is 5.75 Å². The molecule has 1 aromatic rings. The first-order chi connectivity index (χ1) is 9.08. The molecule has 1 aliphatic rings. The van der Waals surface area contributed by atoms with E-state index in [9.17, 15) is 9.18 Å². The van der Waals surface area contributed by atoms with Gasteiger partial charge in [-0.1, -0.05) is 19.3 Å². The Morgan fingerprint density at radius 2 is 2.05 bits per heavy atom. The molecule has 19 heavy (non-hydrogen) atoms. The van der Waals surface area contributed by atoms with Gasteiger partial charge in [0.15, 0.2) is 0 Å². The molecule has 1 aliphatic carbocycles. The monoisotopic (exact) mass is 267 g/mol. The summed E-state index contributed by atoms with van der Waals surface area (Å²) in [7, 11) is 0. The molecule has 0 heterocycles. The number of hydrogen-bond acceptors (Lipinski definition) is 3. The summed E-state index contributed by atoms with van der Waals surface area (Å²) in [6.45, 7) is 0.510. The van der Waals surface area contributed by atoms with Crippen molar-refractivity contribution in [1.29, 1.82) is 0 Å². The van der Waals surface area contributed by atoms with Gasteiger partial charge in [-0.2, -0.15) is 0 Å². The van der Waals surface area contributed by atoms with Gasteiger partial charge in [0.25, 0.3) is 0 Å². The van der Waals surface area contributed by atoms with Crippen LogP contribution in [0.1, 0.15) is 42.5 Å². The van der Waals surface area contributed by atoms with E-state index in [1.807, 2.05) is 0 Å². The summed E-state index contributed by atoms with van der Waals surface area (Å²) in [6, 6.07) is 2.16. The standard InChI is InChI=1S/C14H18FNO3/c15-11-7-13(12(16)6-10(11)14(17)18)19-8-9-4-2-1-3-5-9/h6-7,9H,1-5,8,16H2,(H,17,18). The Morgan fingerprint density at radius 3 is 2.68 bits per heavy atom. The number of rotatable bonds is 4. The fourth-order valence-corrected chi connectivity index (χ4v) is 2.42. The molecule has 5 heteroatoms. The van der Waals surface area contributed by atoms with Crippen molar-refractivity contribution in [2.24, 2.45) is 5.92 Å². The highest BCUT2D eigenvalue weighted by Crippen LogP contribution is 2.28. The number of anilines is 1. The van der Waals surface area contributed by atoms with Crippen molar-refractivity contribution in [2.45, 2.75) is 32.1 Å². The molecule has 104 valence electrons. The van der Waals surface area contributed by atoms with Gasteiger partial charge in [-0.3, -0.25) is 0 Å². The van der Waals surface area contributed by atoms with Gasteiger partial charge in [0.05, 0.1) is 17.9 Å². The quantitative estimate of drug-likeness (QED) is 0.822. The molecule has 0 unspecified atom stereocenters. The predicted octanol–water partition coefficient (Wildman–Crippen LogP) is 3.07. The van der Waals surface area contributed by atoms with Crippen molar-refractivity contribution in [1.82, 2.24) is 0 Å². The van der Waals surface area contributed by atoms with E-state index in [-0.39, 0.29) is 11.4 Å². The number of aromatic carboxylic acids is 1. The fraction of sp³-hybridized carbons (Fsp3) is 0.500. The van der Waals surface area contributed by atoms with Gasteiger partial charge >= 0.3 is 5.97 Å². The first-order valence-corrected chi connectivity index (χ1v) is 6.53. The van der Waals surface area contributed by atoms with E-state index in [0.29, 0.717) is 12.5 Å². The average molecular weight is 267 g/mol. The van der Waals surface area contributed by atoms with Crippen molar-refractivity contribution in [3.63, 3.8) is 0 Å². The van der Waals surface area contributed by atoms with E-state index in [0.717, 1.165) is 25.0 Å². The summed E-state index contributed by atoms with van der Waals surface area (Å²) in [5.41, 5.74) is 5.42. The third-order valence-electron chi connectivity index (χ3n) is 3.53. The Bertz CT molecular complexity index is 470. The summed E-state index contributed by atoms with van der Waals surface area (Å²) in [6.07, 6.45) is 5.91. The molecule has 1 saturated carbocycles. The van der Waals surface area contributed by atoms with E-state index in [1.54, 1.807) is 0 Å². The van der Waals surface area contributed by atoms with E-state index in [4.69, 9.17) is 15.6 Å². The van der Waals surface area contributed by atoms with Crippen LogP contribution in [0.2, 0.25) is 0 Å². The van der Waals surface area contributed by atoms with Crippen LogP contribution in [-0.4, -0.2) is 17.7 Å². The van der Waals surface area contributed by atoms with Gasteiger partial charge in [0.2, 0.25) is 0 Å². The van der Waals surface area contributed by atoms with Crippen molar-refractivity contribution < 1.29 is 19.0 Å². The molecule has 0 bridgehead atoms. The van der Waals surface area contributed by atoms with Gasteiger partial charge in [-0.25, -0.2) is 9.18 Å². The van der Waals surface area contributed by atoms with Crippen LogP contribution in [-0.2, 0) is 0 Å². The van der Waals surface area contributed by atoms with E-state index in [1.165, 1.54) is 19.3 Å². The van der Waals surface area contributed by atoms with Crippen molar-refractivity contribution in [2.75, 3.05) is 12.3 Å². The fourth-order valence-electron chi connectivity index (χ4n) is 2.42. The van der Waals surface area contributed by atoms with Crippen LogP contribution in [0.15, 0.2) is 12.1 Å². The average Bonchev–Trinajstić information content (AvgIpc) is 2.40. The van der Waals surface area contributed by atoms with Crippen LogP contribution in [0.5, 0.6) is 5.75 Å². The van der Waals surface area contributed by atoms with Gasteiger partial charge in [-0.15, -0.1) is 0 Å². The zero-order valence-electron chi connectivity index (χ0n) is 10.7. The number of benzene rings is 1. The molecule has 0 amide bonds. The number of carboxylic acids is 1. The second-order valence-electron chi connectivity index (χ2n) is 4.99. The topological polar surface area (TPSA) is 72.6 Å². The predicted molar refractivity (Wildman–Crippen MR) is 69.8 cm³/mol. The first-order valence-electron chi connectivity index (χ1n) is 6.53. The van der Waals surface area contributed by atoms with Gasteiger partial charge in [0, 0.05) is 6.07 Å². The van der Waals surface area contributed by atoms with Crippen molar-refractivity contribution >= 4 is 11.7 Å². The maximum Gasteiger partial charge on any atom is 0.338 e. The summed E-state index contributed by atoms with van der Waals surface area (Å²) in [5, 5.41) is 8.78. The molecule has 0 aliphatic heterocycles. The third-order valence-corrected chi connectivity index (χ3v) is 3.53. The minimum atomic E-state index is -1.33. The molecule has 2 rings (SSSR count). The maximum absolute atomic E-state index is 13.5. The second kappa shape index (κ2) is 5.91. The maximum atomic E-state index is 13.5. The summed E-state index contributed by atoms with van der Waals surface area (Å²) >= 11 is 0. The third kappa shape index (κ3) is 3.36. The molecule has 3 N–H and O–H groups in total. The number of nitrogen functional groups attached to an aromatic ring is 1. The molecular formula is C14H18FNO3. The van der Waals surface area contributed by atoms with Gasteiger partial charge in [0.1, 0.15) is 11.6 Å². The van der Waals surface area contributed by atoms with Gasteiger partial charge < -0.3 is 15.6 Å². The number of carboxylic acid groups (broad SMARTS) is 1. The molecule has 0 aromatic heterocycles. The molecule has 0 saturated heterocycles. The SMILES string of the molecule is Nc1cc(C(=O)O)c(F)cc1OCC1CCCCC1. The molecule has 0 spiro atoms. The summed E-state index contributed by atoms with van der Waals surface area (Å²) in [4.78, 5) is 10.8. The zero-order valence-corrected chi connectivity index (χ0v) is 10.7. The van der Waals surface area contributed by atoms with Crippen LogP contribution < -0.4 is 10.5 Å². The van der Waals surface area contributed by atoms with E-state index < -0.39 is 17.3 Å². The second-order valence-corrected chi connectivity index (χ2v) is 4.99. The Labute approximate surface area is 111 Å². The molecule has 4 nitrogen and oxygen atoms in total. The smallest absolute Gasteiger partial charge is 0.338 e. The number of carbonyl (C=O) groups is 1. The number of halogens is 1. The largest absolute Gasteiger partial charge is 0.491 e. The lowest BCUT2D eigenvalue weighted by atomic mass is 9.90. The Balaban J connectivity index is 2.04. The van der Waals surface area contributed by atoms with Crippen LogP contribution in [0, 0.1) is 11.7 Å². The molecular weight excluding hydrogens is 249 g/mol. The van der Waals surface area contributed by atoms with Crippen molar-refractivity contribution in [3.05, 3.63) is 23.5 Å². The highest BCUT2D eigenvalue weighted by molar-refractivity contribution is 5.89. The first kappa shape index (κ1) is 13.6. The number of nitrogens with two attached hydrogens (primary N) is 1. The van der Waals surface area contributed by atoms with E-state index in [2.05, 4.69) is 0 Å². The Hall–Kier alpha value is -1.78. The van der Waals surface area contributed by atoms with E-state index >= 15 is 0 Å². The lowest BCUT2D eigenvalue weighted by Gasteiger charge is -2.22. The van der Waals surface area contributed by atoms with Crippen LogP contribution in [0.3, 0.4) is 0 Å². The molecule has 1 aromatic carbocycles. The normalized spacial score (nSPS) is 16.3. The van der Waals surface area contributed by atoms with Gasteiger partial charge in [-0.05, 0) is 24.8 Å². The van der Waals surface area contributed by atoms with Crippen LogP contribution in [0.4, 0.5) is 10.1 Å². The zero-order chi connectivity index (χ0) is 13.8. The highest BCUT2D eigenvalue weighted by Gasteiger charge is 2.17. The summed E-state index contributed by atoms with van der Waals surface area (Å²) < 4.78 is 19.1. The molecule has 0 radical (unpaired) electrons. The number of ether oxygens (including phenoxy) is 1. The molecule has 0 atom stereocenters. The number of hydrogen-bond donors (Lipinski definition) is 2. The Kier molecular flexibility index (Phi) is 4.24. The lowest BCUT2D eigenvalue weighted by molar-refractivity contribution is 0.0692. The minimum absolute atomic E-state index is 0.162. The van der Waals surface area contributed by atoms with Crippen LogP contribution in [0.25, 0.3) is 0 Å². The van der Waals surface area contributed by atoms with Crippen LogP contribution >= 0.6 is 0 Å². The highest BCUT2D eigenvalue weighted by atomic mass is 19.1.